The summed E-state index contributed by atoms with van der Waals surface area (Å²) in [4.78, 5) is 8.78. The van der Waals surface area contributed by atoms with Crippen molar-refractivity contribution in [1.82, 2.24) is 0 Å². The van der Waals surface area contributed by atoms with E-state index in [-0.39, 0.29) is 6.23 Å². The van der Waals surface area contributed by atoms with E-state index >= 15 is 0 Å². The zero-order valence-corrected chi connectivity index (χ0v) is 10.5. The second kappa shape index (κ2) is 7.50. The molecular weight excluding hydrogens is 239 g/mol. The van der Waals surface area contributed by atoms with Crippen molar-refractivity contribution in [2.75, 3.05) is 20.6 Å². The van der Waals surface area contributed by atoms with Crippen LogP contribution in [0.25, 0.3) is 0 Å². The second-order valence-corrected chi connectivity index (χ2v) is 4.27. The van der Waals surface area contributed by atoms with Crippen molar-refractivity contribution in [3.05, 3.63) is 0 Å². The number of carbonyl (C=O) groups excluding carboxylic acids is 1. The summed E-state index contributed by atoms with van der Waals surface area (Å²) >= 11 is 0. The summed E-state index contributed by atoms with van der Waals surface area (Å²) in [6.45, 7) is 5.08. The van der Waals surface area contributed by atoms with Crippen molar-refractivity contribution in [3.8, 4) is 0 Å². The van der Waals surface area contributed by atoms with Gasteiger partial charge in [0.15, 0.2) is 6.23 Å². The fraction of sp³-hybridized carbons (Fsp3) is 0.900. The van der Waals surface area contributed by atoms with Gasteiger partial charge in [-0.05, 0) is 6.42 Å². The SMILES string of the molecule is CCCC[N+](C)(C)C(C)O.O=C([O-])C(F)(F)F. The summed E-state index contributed by atoms with van der Waals surface area (Å²) in [7, 11) is 4.11. The van der Waals surface area contributed by atoms with Gasteiger partial charge in [-0.3, -0.25) is 0 Å². The molecule has 17 heavy (non-hydrogen) atoms. The average Bonchev–Trinajstić information content (AvgIpc) is 2.14. The minimum absolute atomic E-state index is 0.244. The molecule has 1 atom stereocenters. The van der Waals surface area contributed by atoms with Crippen LogP contribution in [0.15, 0.2) is 0 Å². The average molecular weight is 259 g/mol. The minimum Gasteiger partial charge on any atom is -0.542 e. The molecule has 0 aromatic heterocycles. The Kier molecular flexibility index (Phi) is 8.18. The lowest BCUT2D eigenvalue weighted by Crippen LogP contribution is -2.47. The Hall–Kier alpha value is -0.820. The van der Waals surface area contributed by atoms with Crippen LogP contribution in [-0.2, 0) is 4.79 Å². The summed E-state index contributed by atoms with van der Waals surface area (Å²) in [6, 6.07) is 0. The normalized spacial score (nSPS) is 13.6. The summed E-state index contributed by atoms with van der Waals surface area (Å²) < 4.78 is 32.3. The lowest BCUT2D eigenvalue weighted by atomic mass is 10.3. The zero-order valence-electron chi connectivity index (χ0n) is 10.5. The maximum atomic E-state index is 10.5. The number of rotatable bonds is 4. The Balaban J connectivity index is 0. The third kappa shape index (κ3) is 10.1. The smallest absolute Gasteiger partial charge is 0.430 e. The first kappa shape index (κ1) is 18.5. The van der Waals surface area contributed by atoms with E-state index in [0.717, 1.165) is 6.54 Å². The molecule has 104 valence electrons. The maximum Gasteiger partial charge on any atom is 0.430 e. The Morgan fingerprint density at radius 2 is 1.76 bits per heavy atom. The third-order valence-corrected chi connectivity index (χ3v) is 2.33. The lowest BCUT2D eigenvalue weighted by molar-refractivity contribution is -0.934. The molecule has 1 N–H and O–H groups in total. The fourth-order valence-corrected chi connectivity index (χ4v) is 0.752. The highest BCUT2D eigenvalue weighted by molar-refractivity contribution is 5.70. The van der Waals surface area contributed by atoms with Gasteiger partial charge in [-0.1, -0.05) is 13.3 Å². The molecule has 0 aliphatic rings. The number of hydrogen-bond acceptors (Lipinski definition) is 3. The van der Waals surface area contributed by atoms with E-state index < -0.39 is 12.1 Å². The van der Waals surface area contributed by atoms with Crippen molar-refractivity contribution < 1.29 is 32.7 Å². The first-order chi connectivity index (χ1) is 7.45. The van der Waals surface area contributed by atoms with Crippen molar-refractivity contribution >= 4 is 5.97 Å². The number of aliphatic hydroxyl groups is 1. The van der Waals surface area contributed by atoms with Crippen molar-refractivity contribution in [1.29, 1.82) is 0 Å². The third-order valence-electron chi connectivity index (χ3n) is 2.33. The summed E-state index contributed by atoms with van der Waals surface area (Å²) in [5, 5.41) is 18.1. The highest BCUT2D eigenvalue weighted by Crippen LogP contribution is 2.11. The lowest BCUT2D eigenvalue weighted by Gasteiger charge is -2.32. The van der Waals surface area contributed by atoms with Crippen LogP contribution in [0.3, 0.4) is 0 Å². The molecule has 0 saturated carbocycles. The number of quaternary nitrogens is 1. The molecule has 0 spiro atoms. The van der Waals surface area contributed by atoms with E-state index in [0.29, 0.717) is 4.48 Å². The van der Waals surface area contributed by atoms with E-state index in [1.165, 1.54) is 12.8 Å². The molecule has 0 aliphatic heterocycles. The summed E-state index contributed by atoms with van der Waals surface area (Å²) in [5.41, 5.74) is 0. The number of unbranched alkanes of at least 4 members (excludes halogenated alkanes) is 1. The van der Waals surface area contributed by atoms with Crippen LogP contribution in [0.2, 0.25) is 0 Å². The number of hydrogen-bond donors (Lipinski definition) is 1. The molecule has 0 aromatic carbocycles. The second-order valence-electron chi connectivity index (χ2n) is 4.27. The number of carboxylic acids is 1. The highest BCUT2D eigenvalue weighted by atomic mass is 19.4. The standard InChI is InChI=1S/C8H20NO.C2HF3O2/c1-5-6-7-9(3,4)8(2)10;3-2(4,5)1(6)7/h8,10H,5-7H2,1-4H3;(H,6,7)/q+1;/p-1. The van der Waals surface area contributed by atoms with Gasteiger partial charge < -0.3 is 19.5 Å². The topological polar surface area (TPSA) is 60.4 Å². The molecule has 0 radical (unpaired) electrons. The van der Waals surface area contributed by atoms with Gasteiger partial charge in [-0.2, -0.15) is 13.2 Å². The molecule has 1 unspecified atom stereocenters. The van der Waals surface area contributed by atoms with Crippen molar-refractivity contribution in [2.45, 2.75) is 39.1 Å². The maximum absolute atomic E-state index is 10.5. The summed E-state index contributed by atoms with van der Waals surface area (Å²) in [5.74, 6) is -3.01. The van der Waals surface area contributed by atoms with E-state index in [4.69, 9.17) is 9.90 Å². The molecule has 0 fully saturated rings. The fourth-order valence-electron chi connectivity index (χ4n) is 0.752. The van der Waals surface area contributed by atoms with Crippen LogP contribution in [-0.4, -0.2) is 48.6 Å². The molecule has 0 rings (SSSR count). The predicted molar refractivity (Wildman–Crippen MR) is 54.6 cm³/mol. The van der Waals surface area contributed by atoms with E-state index in [2.05, 4.69) is 21.0 Å². The van der Waals surface area contributed by atoms with E-state index in [1.54, 1.807) is 0 Å². The molecule has 4 nitrogen and oxygen atoms in total. The molecule has 0 aromatic rings. The molecule has 0 amide bonds. The van der Waals surface area contributed by atoms with Gasteiger partial charge in [0, 0.05) is 6.92 Å². The Morgan fingerprint density at radius 3 is 1.94 bits per heavy atom. The van der Waals surface area contributed by atoms with Gasteiger partial charge in [-0.25, -0.2) is 0 Å². The van der Waals surface area contributed by atoms with Crippen LogP contribution < -0.4 is 5.11 Å². The molecular formula is C10H20F3NO3. The molecule has 0 heterocycles. The first-order valence-corrected chi connectivity index (χ1v) is 5.24. The molecule has 0 bridgehead atoms. The first-order valence-electron chi connectivity index (χ1n) is 5.24. The van der Waals surface area contributed by atoms with Crippen LogP contribution in [0.1, 0.15) is 26.7 Å². The predicted octanol–water partition coefficient (Wildman–Crippen LogP) is 0.500. The van der Waals surface area contributed by atoms with Gasteiger partial charge in [-0.15, -0.1) is 0 Å². The number of carbonyl (C=O) groups is 1. The highest BCUT2D eigenvalue weighted by Gasteiger charge is 2.28. The van der Waals surface area contributed by atoms with Crippen LogP contribution in [0.5, 0.6) is 0 Å². The van der Waals surface area contributed by atoms with Gasteiger partial charge in [0.1, 0.15) is 5.97 Å². The Bertz CT molecular complexity index is 227. The van der Waals surface area contributed by atoms with Gasteiger partial charge in [0.2, 0.25) is 0 Å². The number of halogens is 3. The summed E-state index contributed by atoms with van der Waals surface area (Å²) in [6.07, 6.45) is -3.04. The Labute approximate surface area is 99.2 Å². The van der Waals surface area contributed by atoms with Crippen molar-refractivity contribution in [2.24, 2.45) is 0 Å². The Morgan fingerprint density at radius 1 is 1.41 bits per heavy atom. The van der Waals surface area contributed by atoms with Crippen LogP contribution >= 0.6 is 0 Å². The van der Waals surface area contributed by atoms with E-state index in [1.807, 2.05) is 6.92 Å². The van der Waals surface area contributed by atoms with Gasteiger partial charge in [0.05, 0.1) is 20.6 Å². The monoisotopic (exact) mass is 259 g/mol. The number of aliphatic carboxylic acids is 1. The number of carboxylic acid groups (broad SMARTS) is 1. The molecule has 7 heteroatoms. The number of alkyl halides is 3. The van der Waals surface area contributed by atoms with Crippen LogP contribution in [0, 0.1) is 0 Å². The zero-order chi connectivity index (χ0) is 14.3. The van der Waals surface area contributed by atoms with Crippen LogP contribution in [0.4, 0.5) is 13.2 Å². The molecule has 0 aliphatic carbocycles. The number of aliphatic hydroxyl groups excluding tert-OH is 1. The van der Waals surface area contributed by atoms with E-state index in [9.17, 15) is 18.3 Å². The van der Waals surface area contributed by atoms with Gasteiger partial charge in [0.25, 0.3) is 0 Å². The number of nitrogens with zero attached hydrogens (tertiary/aromatic N) is 1. The minimum atomic E-state index is -5.19. The largest absolute Gasteiger partial charge is 0.542 e. The van der Waals surface area contributed by atoms with Crippen molar-refractivity contribution in [3.63, 3.8) is 0 Å². The molecule has 0 saturated heterocycles. The van der Waals surface area contributed by atoms with Gasteiger partial charge >= 0.3 is 6.18 Å². The quantitative estimate of drug-likeness (QED) is 0.591.